The van der Waals surface area contributed by atoms with Gasteiger partial charge >= 0.3 is 5.97 Å². The molecule has 27 heavy (non-hydrogen) atoms. The standard InChI is InChI=1S/C20H24N2O5/c1-21(14-7-3-2-4-8-14)17(23)13-27-18(24)11-12-22-19(25)15-9-5-6-10-16(15)20(22)26/h2-4,7-8,15-16H,5-6,9-13H2,1H3/t15-,16-/m0/s1. The zero-order valence-corrected chi connectivity index (χ0v) is 15.4. The molecule has 0 N–H and O–H groups in total. The van der Waals surface area contributed by atoms with Crippen molar-refractivity contribution >= 4 is 29.4 Å². The lowest BCUT2D eigenvalue weighted by Crippen LogP contribution is -2.34. The third-order valence-electron chi connectivity index (χ3n) is 5.35. The minimum Gasteiger partial charge on any atom is -0.455 e. The van der Waals surface area contributed by atoms with Crippen LogP contribution in [0.2, 0.25) is 0 Å². The Morgan fingerprint density at radius 1 is 1.07 bits per heavy atom. The fourth-order valence-electron chi connectivity index (χ4n) is 3.76. The molecule has 0 aromatic heterocycles. The number of benzene rings is 1. The number of hydrogen-bond acceptors (Lipinski definition) is 5. The molecule has 0 bridgehead atoms. The molecule has 3 rings (SSSR count). The van der Waals surface area contributed by atoms with Crippen LogP contribution in [-0.2, 0) is 23.9 Å². The van der Waals surface area contributed by atoms with E-state index in [1.165, 1.54) is 9.80 Å². The Balaban J connectivity index is 1.45. The molecule has 1 heterocycles. The van der Waals surface area contributed by atoms with Crippen molar-refractivity contribution in [2.45, 2.75) is 32.1 Å². The maximum atomic E-state index is 12.4. The van der Waals surface area contributed by atoms with Crippen LogP contribution >= 0.6 is 0 Å². The van der Waals surface area contributed by atoms with Gasteiger partial charge < -0.3 is 9.64 Å². The van der Waals surface area contributed by atoms with Gasteiger partial charge in [-0.2, -0.15) is 0 Å². The van der Waals surface area contributed by atoms with Crippen LogP contribution in [0.3, 0.4) is 0 Å². The second-order valence-corrected chi connectivity index (χ2v) is 7.02. The highest BCUT2D eigenvalue weighted by molar-refractivity contribution is 6.05. The van der Waals surface area contributed by atoms with Gasteiger partial charge in [0.05, 0.1) is 18.3 Å². The topological polar surface area (TPSA) is 84.0 Å². The molecule has 1 aromatic rings. The van der Waals surface area contributed by atoms with Crippen LogP contribution in [0.4, 0.5) is 5.69 Å². The van der Waals surface area contributed by atoms with Gasteiger partial charge in [0.2, 0.25) is 11.8 Å². The lowest BCUT2D eigenvalue weighted by molar-refractivity contribution is -0.149. The summed E-state index contributed by atoms with van der Waals surface area (Å²) in [5.41, 5.74) is 0.703. The number of rotatable bonds is 6. The van der Waals surface area contributed by atoms with Crippen LogP contribution in [0.15, 0.2) is 30.3 Å². The van der Waals surface area contributed by atoms with Crippen LogP contribution in [0.5, 0.6) is 0 Å². The minimum absolute atomic E-state index is 0.0201. The summed E-state index contributed by atoms with van der Waals surface area (Å²) in [5.74, 6) is -1.73. The monoisotopic (exact) mass is 372 g/mol. The number of ether oxygens (including phenoxy) is 1. The Hall–Kier alpha value is -2.70. The van der Waals surface area contributed by atoms with Gasteiger partial charge in [-0.1, -0.05) is 31.0 Å². The number of likely N-dealkylation sites (N-methyl/N-ethyl adjacent to an activating group) is 1. The number of hydrogen-bond donors (Lipinski definition) is 0. The van der Waals surface area contributed by atoms with Crippen LogP contribution in [0.1, 0.15) is 32.1 Å². The van der Waals surface area contributed by atoms with Crippen molar-refractivity contribution in [1.29, 1.82) is 0 Å². The number of carbonyl (C=O) groups is 4. The predicted octanol–water partition coefficient (Wildman–Crippen LogP) is 1.76. The van der Waals surface area contributed by atoms with Crippen molar-refractivity contribution in [2.24, 2.45) is 11.8 Å². The summed E-state index contributed by atoms with van der Waals surface area (Å²) in [6.07, 6.45) is 3.33. The summed E-state index contributed by atoms with van der Waals surface area (Å²) in [6, 6.07) is 9.03. The molecule has 7 heteroatoms. The Morgan fingerprint density at radius 3 is 2.26 bits per heavy atom. The zero-order chi connectivity index (χ0) is 19.4. The van der Waals surface area contributed by atoms with Gasteiger partial charge in [0, 0.05) is 19.3 Å². The number of carbonyl (C=O) groups excluding carboxylic acids is 4. The fraction of sp³-hybridized carbons (Fsp3) is 0.500. The van der Waals surface area contributed by atoms with Gasteiger partial charge in [0.25, 0.3) is 5.91 Å². The third kappa shape index (κ3) is 4.18. The SMILES string of the molecule is CN(C(=O)COC(=O)CCN1C(=O)[C@H]2CCCC[C@@H]2C1=O)c1ccccc1. The quantitative estimate of drug-likeness (QED) is 0.561. The molecule has 0 unspecified atom stereocenters. The average molecular weight is 372 g/mol. The molecule has 1 saturated heterocycles. The number of anilines is 1. The van der Waals surface area contributed by atoms with Crippen LogP contribution in [0, 0.1) is 11.8 Å². The van der Waals surface area contributed by atoms with E-state index in [0.717, 1.165) is 25.7 Å². The molecule has 1 aromatic carbocycles. The Labute approximate surface area is 158 Å². The van der Waals surface area contributed by atoms with E-state index in [-0.39, 0.29) is 49.1 Å². The second-order valence-electron chi connectivity index (χ2n) is 7.02. The number of amides is 3. The highest BCUT2D eigenvalue weighted by Gasteiger charge is 2.47. The molecule has 3 amide bonds. The van der Waals surface area contributed by atoms with E-state index in [0.29, 0.717) is 5.69 Å². The van der Waals surface area contributed by atoms with Gasteiger partial charge in [-0.25, -0.2) is 0 Å². The largest absolute Gasteiger partial charge is 0.455 e. The first-order chi connectivity index (χ1) is 13.0. The summed E-state index contributed by atoms with van der Waals surface area (Å²) >= 11 is 0. The molecule has 2 atom stereocenters. The molecule has 7 nitrogen and oxygen atoms in total. The first-order valence-corrected chi connectivity index (χ1v) is 9.31. The van der Waals surface area contributed by atoms with Crippen molar-refractivity contribution in [2.75, 3.05) is 25.1 Å². The fourth-order valence-corrected chi connectivity index (χ4v) is 3.76. The van der Waals surface area contributed by atoms with Crippen molar-refractivity contribution in [3.8, 4) is 0 Å². The number of likely N-dealkylation sites (tertiary alicyclic amines) is 1. The predicted molar refractivity (Wildman–Crippen MR) is 97.6 cm³/mol. The molecule has 2 fully saturated rings. The molecule has 0 radical (unpaired) electrons. The Bertz CT molecular complexity index is 709. The summed E-state index contributed by atoms with van der Waals surface area (Å²) in [6.45, 7) is -0.358. The normalized spacial score (nSPS) is 21.7. The Kier molecular flexibility index (Phi) is 5.88. The summed E-state index contributed by atoms with van der Waals surface area (Å²) in [7, 11) is 1.61. The Morgan fingerprint density at radius 2 is 1.67 bits per heavy atom. The highest BCUT2D eigenvalue weighted by Crippen LogP contribution is 2.37. The molecular formula is C20H24N2O5. The van der Waals surface area contributed by atoms with E-state index in [1.54, 1.807) is 19.2 Å². The van der Waals surface area contributed by atoms with E-state index >= 15 is 0 Å². The maximum absolute atomic E-state index is 12.4. The molecule has 1 saturated carbocycles. The first-order valence-electron chi connectivity index (χ1n) is 9.31. The van der Waals surface area contributed by atoms with E-state index in [9.17, 15) is 19.2 Å². The summed E-state index contributed by atoms with van der Waals surface area (Å²) in [4.78, 5) is 51.4. The second kappa shape index (κ2) is 8.33. The molecular weight excluding hydrogens is 348 g/mol. The number of nitrogens with zero attached hydrogens (tertiary/aromatic N) is 2. The minimum atomic E-state index is -0.597. The maximum Gasteiger partial charge on any atom is 0.308 e. The van der Waals surface area contributed by atoms with Gasteiger partial charge in [-0.15, -0.1) is 0 Å². The highest BCUT2D eigenvalue weighted by atomic mass is 16.5. The van der Waals surface area contributed by atoms with Gasteiger partial charge in [0.1, 0.15) is 0 Å². The average Bonchev–Trinajstić information content (AvgIpc) is 2.95. The molecule has 0 spiro atoms. The number of fused-ring (bicyclic) bond motifs is 1. The lowest BCUT2D eigenvalue weighted by Gasteiger charge is -2.19. The number of esters is 1. The van der Waals surface area contributed by atoms with Crippen molar-refractivity contribution in [1.82, 2.24) is 4.90 Å². The van der Waals surface area contributed by atoms with E-state index in [4.69, 9.17) is 4.74 Å². The van der Waals surface area contributed by atoms with Crippen molar-refractivity contribution in [3.63, 3.8) is 0 Å². The number of para-hydroxylation sites is 1. The van der Waals surface area contributed by atoms with E-state index in [1.807, 2.05) is 18.2 Å². The van der Waals surface area contributed by atoms with Crippen molar-refractivity contribution < 1.29 is 23.9 Å². The molecule has 144 valence electrons. The van der Waals surface area contributed by atoms with Gasteiger partial charge in [0.15, 0.2) is 6.61 Å². The van der Waals surface area contributed by atoms with E-state index < -0.39 is 5.97 Å². The van der Waals surface area contributed by atoms with E-state index in [2.05, 4.69) is 0 Å². The van der Waals surface area contributed by atoms with Gasteiger partial charge in [-0.3, -0.25) is 24.1 Å². The zero-order valence-electron chi connectivity index (χ0n) is 15.4. The lowest BCUT2D eigenvalue weighted by atomic mass is 9.81. The molecule has 1 aliphatic heterocycles. The van der Waals surface area contributed by atoms with Crippen LogP contribution < -0.4 is 4.90 Å². The van der Waals surface area contributed by atoms with Crippen LogP contribution in [0.25, 0.3) is 0 Å². The first kappa shape index (κ1) is 19.1. The summed E-state index contributed by atoms with van der Waals surface area (Å²) < 4.78 is 5.02. The van der Waals surface area contributed by atoms with Crippen LogP contribution in [-0.4, -0.2) is 48.8 Å². The molecule has 1 aliphatic carbocycles. The number of imide groups is 1. The third-order valence-corrected chi connectivity index (χ3v) is 5.35. The van der Waals surface area contributed by atoms with Gasteiger partial charge in [-0.05, 0) is 25.0 Å². The molecule has 2 aliphatic rings. The van der Waals surface area contributed by atoms with Crippen molar-refractivity contribution in [3.05, 3.63) is 30.3 Å². The smallest absolute Gasteiger partial charge is 0.308 e. The summed E-state index contributed by atoms with van der Waals surface area (Å²) in [5, 5.41) is 0.